The molecular weight excluding hydrogens is 327 g/mol. The summed E-state index contributed by atoms with van der Waals surface area (Å²) in [7, 11) is -1.81. The third-order valence-corrected chi connectivity index (χ3v) is 9.70. The molecule has 0 heterocycles. The molecule has 2 rings (SSSR count). The average molecular weight is 358 g/mol. The molecule has 136 valence electrons. The van der Waals surface area contributed by atoms with E-state index in [-0.39, 0.29) is 5.97 Å². The van der Waals surface area contributed by atoms with Crippen molar-refractivity contribution in [3.63, 3.8) is 0 Å². The monoisotopic (exact) mass is 358 g/mol. The number of hydrogen-bond acceptors (Lipinski definition) is 2. The first-order valence-electron chi connectivity index (χ1n) is 9.18. The molecule has 0 N–H and O–H groups in total. The quantitative estimate of drug-likeness (QED) is 0.517. The van der Waals surface area contributed by atoms with Crippen molar-refractivity contribution in [3.8, 4) is 0 Å². The van der Waals surface area contributed by atoms with Crippen LogP contribution in [0.25, 0.3) is 0 Å². The summed E-state index contributed by atoms with van der Waals surface area (Å²) in [6.07, 6.45) is 3.01. The van der Waals surface area contributed by atoms with Gasteiger partial charge in [0.1, 0.15) is 0 Å². The molecule has 0 saturated heterocycles. The number of benzene rings is 2. The van der Waals surface area contributed by atoms with Crippen LogP contribution in [0.1, 0.15) is 33.6 Å². The van der Waals surface area contributed by atoms with Gasteiger partial charge in [0, 0.05) is 0 Å². The number of ether oxygens (including phenoxy) is 1. The van der Waals surface area contributed by atoms with Crippen molar-refractivity contribution < 1.29 is 9.53 Å². The Bertz CT molecular complexity index is 625. The van der Waals surface area contributed by atoms with Crippen molar-refractivity contribution in [3.05, 3.63) is 60.7 Å². The molecule has 25 heavy (non-hydrogen) atoms. The van der Waals surface area contributed by atoms with Crippen molar-refractivity contribution in [1.82, 2.24) is 0 Å². The molecule has 0 aliphatic carbocycles. The topological polar surface area (TPSA) is 26.3 Å². The molecule has 0 saturated carbocycles. The van der Waals surface area contributed by atoms with Gasteiger partial charge >= 0.3 is 152 Å². The molecule has 0 radical (unpaired) electrons. The molecule has 0 fully saturated rings. The Morgan fingerprint density at radius 1 is 0.960 bits per heavy atom. The van der Waals surface area contributed by atoms with E-state index in [4.69, 9.17) is 4.74 Å². The minimum atomic E-state index is -1.81. The van der Waals surface area contributed by atoms with Crippen LogP contribution in [0.5, 0.6) is 0 Å². The fourth-order valence-corrected chi connectivity index (χ4v) is 7.03. The SMILES string of the molecule is CCOC(=O)C(C)(C)CCC[PH](C)(c1ccccc1)c1ccccc1. The zero-order valence-corrected chi connectivity index (χ0v) is 16.9. The van der Waals surface area contributed by atoms with Gasteiger partial charge in [-0.15, -0.1) is 0 Å². The van der Waals surface area contributed by atoms with Gasteiger partial charge < -0.3 is 0 Å². The van der Waals surface area contributed by atoms with Gasteiger partial charge in [-0.2, -0.15) is 0 Å². The fourth-order valence-electron chi connectivity index (χ4n) is 3.38. The maximum absolute atomic E-state index is 12.1. The third kappa shape index (κ3) is 4.92. The minimum absolute atomic E-state index is 0.0854. The van der Waals surface area contributed by atoms with Crippen LogP contribution < -0.4 is 10.6 Å². The van der Waals surface area contributed by atoms with E-state index in [1.807, 2.05) is 20.8 Å². The molecule has 0 aliphatic heterocycles. The Morgan fingerprint density at radius 2 is 1.44 bits per heavy atom. The zero-order chi connectivity index (χ0) is 18.3. The molecule has 0 spiro atoms. The number of carbonyl (C=O) groups is 1. The summed E-state index contributed by atoms with van der Waals surface area (Å²) in [5.74, 6) is -0.0854. The van der Waals surface area contributed by atoms with Crippen LogP contribution in [-0.4, -0.2) is 25.4 Å². The molecular formula is C22H31O2P. The second kappa shape index (κ2) is 8.63. The van der Waals surface area contributed by atoms with Gasteiger partial charge in [-0.3, -0.25) is 0 Å². The van der Waals surface area contributed by atoms with Crippen molar-refractivity contribution in [1.29, 1.82) is 0 Å². The summed E-state index contributed by atoms with van der Waals surface area (Å²) in [4.78, 5) is 12.1. The second-order valence-electron chi connectivity index (χ2n) is 7.52. The van der Waals surface area contributed by atoms with Crippen LogP contribution in [0.15, 0.2) is 60.7 Å². The van der Waals surface area contributed by atoms with Gasteiger partial charge in [-0.25, -0.2) is 0 Å². The van der Waals surface area contributed by atoms with Crippen LogP contribution in [0.2, 0.25) is 0 Å². The van der Waals surface area contributed by atoms with Gasteiger partial charge in [0.25, 0.3) is 0 Å². The van der Waals surface area contributed by atoms with Crippen LogP contribution >= 0.6 is 7.26 Å². The average Bonchev–Trinajstić information content (AvgIpc) is 2.63. The number of carbonyl (C=O) groups excluding carboxylic acids is 1. The first kappa shape index (κ1) is 19.7. The summed E-state index contributed by atoms with van der Waals surface area (Å²) in [6.45, 7) is 8.74. The van der Waals surface area contributed by atoms with Gasteiger partial charge in [0.15, 0.2) is 0 Å². The van der Waals surface area contributed by atoms with Crippen molar-refractivity contribution in [2.75, 3.05) is 19.4 Å². The first-order chi connectivity index (χ1) is 11.9. The van der Waals surface area contributed by atoms with E-state index < -0.39 is 12.7 Å². The van der Waals surface area contributed by atoms with Gasteiger partial charge in [0.05, 0.1) is 0 Å². The predicted molar refractivity (Wildman–Crippen MR) is 111 cm³/mol. The van der Waals surface area contributed by atoms with Crippen LogP contribution in [0.4, 0.5) is 0 Å². The molecule has 0 aromatic heterocycles. The van der Waals surface area contributed by atoms with E-state index in [9.17, 15) is 4.79 Å². The van der Waals surface area contributed by atoms with Gasteiger partial charge in [-0.1, -0.05) is 0 Å². The Kier molecular flexibility index (Phi) is 6.79. The summed E-state index contributed by atoms with van der Waals surface area (Å²) < 4.78 is 5.23. The molecule has 2 nitrogen and oxygen atoms in total. The summed E-state index contributed by atoms with van der Waals surface area (Å²) in [6, 6.07) is 21.7. The van der Waals surface area contributed by atoms with Crippen LogP contribution in [0, 0.1) is 5.41 Å². The molecule has 0 amide bonds. The van der Waals surface area contributed by atoms with Crippen molar-refractivity contribution in [2.24, 2.45) is 5.41 Å². The van der Waals surface area contributed by atoms with Gasteiger partial charge in [0.2, 0.25) is 0 Å². The predicted octanol–water partition coefficient (Wildman–Crippen LogP) is 4.39. The van der Waals surface area contributed by atoms with E-state index in [0.717, 1.165) is 19.0 Å². The third-order valence-electron chi connectivity index (χ3n) is 5.13. The molecule has 2 aromatic rings. The summed E-state index contributed by atoms with van der Waals surface area (Å²) in [5.41, 5.74) is -0.418. The Balaban J connectivity index is 2.17. The number of rotatable bonds is 8. The van der Waals surface area contributed by atoms with Crippen LogP contribution in [-0.2, 0) is 9.53 Å². The fraction of sp³-hybridized carbons (Fsp3) is 0.409. The van der Waals surface area contributed by atoms with Gasteiger partial charge in [-0.05, 0) is 0 Å². The summed E-state index contributed by atoms with van der Waals surface area (Å²) >= 11 is 0. The Hall–Kier alpha value is -1.66. The normalized spacial score (nSPS) is 12.6. The molecule has 0 unspecified atom stereocenters. The molecule has 0 atom stereocenters. The molecule has 3 heteroatoms. The standard InChI is InChI=1S/C22H31O2P/c1-5-24-21(23)22(2,3)17-12-18-25(4,19-13-8-6-9-14-19)20-15-10-7-11-16-20/h6-11,13-16,25H,5,12,17-18H2,1-4H3. The van der Waals surface area contributed by atoms with Crippen LogP contribution in [0.3, 0.4) is 0 Å². The van der Waals surface area contributed by atoms with E-state index in [2.05, 4.69) is 67.3 Å². The number of esters is 1. The Morgan fingerprint density at radius 3 is 1.88 bits per heavy atom. The first-order valence-corrected chi connectivity index (χ1v) is 11.9. The van der Waals surface area contributed by atoms with E-state index in [1.165, 1.54) is 10.6 Å². The molecule has 0 bridgehead atoms. The zero-order valence-electron chi connectivity index (χ0n) is 15.9. The van der Waals surface area contributed by atoms with Crippen molar-refractivity contribution >= 4 is 23.8 Å². The number of hydrogen-bond donors (Lipinski definition) is 0. The van der Waals surface area contributed by atoms with E-state index in [0.29, 0.717) is 6.61 Å². The van der Waals surface area contributed by atoms with E-state index >= 15 is 0 Å². The van der Waals surface area contributed by atoms with E-state index in [1.54, 1.807) is 0 Å². The summed E-state index contributed by atoms with van der Waals surface area (Å²) in [5, 5.41) is 2.91. The molecule has 0 aliphatic rings. The maximum atomic E-state index is 12.1. The van der Waals surface area contributed by atoms with Crippen molar-refractivity contribution in [2.45, 2.75) is 33.6 Å². The second-order valence-corrected chi connectivity index (χ2v) is 11.8. The Labute approximate surface area is 152 Å². The molecule has 2 aromatic carbocycles.